The molecule has 2 saturated carbocycles. The third-order valence-corrected chi connectivity index (χ3v) is 13.8. The first-order valence-electron chi connectivity index (χ1n) is 20.2. The Morgan fingerprint density at radius 1 is 1.00 bits per heavy atom. The highest BCUT2D eigenvalue weighted by Crippen LogP contribution is 2.46. The molecule has 58 heavy (non-hydrogen) atoms. The van der Waals surface area contributed by atoms with Gasteiger partial charge >= 0.3 is 0 Å². The molecule has 1 aromatic heterocycles. The summed E-state index contributed by atoms with van der Waals surface area (Å²) in [4.78, 5) is 73.7. The Bertz CT molecular complexity index is 2290. The third-order valence-electron chi connectivity index (χ3n) is 12.0. The van der Waals surface area contributed by atoms with E-state index in [9.17, 15) is 27.6 Å². The maximum atomic E-state index is 15.0. The minimum atomic E-state index is -3.92. The zero-order valence-electron chi connectivity index (χ0n) is 33.6. The summed E-state index contributed by atoms with van der Waals surface area (Å²) in [5.41, 5.74) is -0.545. The van der Waals surface area contributed by atoms with Crippen LogP contribution in [0.15, 0.2) is 65.5 Å². The highest BCUT2D eigenvalue weighted by Gasteiger charge is 2.62. The van der Waals surface area contributed by atoms with Crippen molar-refractivity contribution < 1.29 is 32.3 Å². The van der Waals surface area contributed by atoms with Crippen LogP contribution in [-0.2, 0) is 31.0 Å². The Labute approximate surface area is 338 Å². The molecule has 1 saturated heterocycles. The summed E-state index contributed by atoms with van der Waals surface area (Å²) in [5.74, 6) is -2.88. The van der Waals surface area contributed by atoms with Crippen LogP contribution in [0.1, 0.15) is 76.1 Å². The van der Waals surface area contributed by atoms with Crippen LogP contribution in [0.4, 0.5) is 5.69 Å². The molecular formula is C42H53N7O8S. The van der Waals surface area contributed by atoms with E-state index in [0.717, 1.165) is 12.1 Å². The van der Waals surface area contributed by atoms with Gasteiger partial charge in [-0.05, 0) is 93.7 Å². The van der Waals surface area contributed by atoms with Gasteiger partial charge in [0, 0.05) is 44.2 Å². The smallest absolute Gasteiger partial charge is 0.274 e. The minimum absolute atomic E-state index is 0.00510. The first kappa shape index (κ1) is 40.9. The van der Waals surface area contributed by atoms with Crippen molar-refractivity contribution in [2.45, 2.75) is 101 Å². The van der Waals surface area contributed by atoms with E-state index >= 15 is 4.79 Å². The molecule has 3 N–H and O–H groups in total. The number of nitrogens with zero attached hydrogens (tertiary/aromatic N) is 4. The molecule has 16 heteroatoms. The molecule has 1 unspecified atom stereocenters. The van der Waals surface area contributed by atoms with E-state index in [1.54, 1.807) is 43.3 Å². The van der Waals surface area contributed by atoms with E-state index in [-0.39, 0.29) is 49.2 Å². The zero-order valence-corrected chi connectivity index (χ0v) is 34.5. The number of aromatic nitrogens is 2. The van der Waals surface area contributed by atoms with Gasteiger partial charge in [-0.3, -0.25) is 28.7 Å². The fraction of sp³-hybridized carbons (Fsp3) is 0.524. The molecule has 4 amide bonds. The summed E-state index contributed by atoms with van der Waals surface area (Å²) in [6.45, 7) is 6.01. The normalized spacial score (nSPS) is 28.3. The summed E-state index contributed by atoms with van der Waals surface area (Å²) in [6, 6.07) is 11.8. The number of rotatable bonds is 9. The van der Waals surface area contributed by atoms with E-state index in [1.807, 2.05) is 50.2 Å². The molecule has 3 fully saturated rings. The molecule has 4 aliphatic rings. The number of aryl methyl sites for hydroxylation is 1. The molecule has 0 bridgehead atoms. The Morgan fingerprint density at radius 3 is 2.38 bits per heavy atom. The molecule has 0 spiro atoms. The van der Waals surface area contributed by atoms with Crippen molar-refractivity contribution in [2.75, 3.05) is 25.5 Å². The van der Waals surface area contributed by atoms with Gasteiger partial charge in [0.25, 0.3) is 17.4 Å². The van der Waals surface area contributed by atoms with Gasteiger partial charge in [0.1, 0.15) is 23.7 Å². The Morgan fingerprint density at radius 2 is 1.71 bits per heavy atom. The molecule has 3 heterocycles. The topological polar surface area (TPSA) is 189 Å². The number of carbonyl (C=O) groups excluding carboxylic acids is 4. The van der Waals surface area contributed by atoms with Gasteiger partial charge < -0.3 is 25.2 Å². The van der Waals surface area contributed by atoms with Crippen molar-refractivity contribution in [3.8, 4) is 5.88 Å². The quantitative estimate of drug-likeness (QED) is 0.271. The Hall–Kier alpha value is -5.25. The second-order valence-corrected chi connectivity index (χ2v) is 18.6. The minimum Gasteiger partial charge on any atom is -0.471 e. The molecule has 7 atom stereocenters. The van der Waals surface area contributed by atoms with Crippen LogP contribution in [0.3, 0.4) is 0 Å². The fourth-order valence-corrected chi connectivity index (χ4v) is 9.66. The van der Waals surface area contributed by atoms with E-state index in [4.69, 9.17) is 4.74 Å². The molecule has 2 aliphatic heterocycles. The number of nitrogens with one attached hydrogen (secondary N) is 3. The van der Waals surface area contributed by atoms with Crippen LogP contribution < -0.4 is 30.6 Å². The summed E-state index contributed by atoms with van der Waals surface area (Å²) in [6.07, 6.45) is 6.18. The maximum absolute atomic E-state index is 15.0. The number of benzene rings is 2. The van der Waals surface area contributed by atoms with Crippen LogP contribution in [0, 0.1) is 17.8 Å². The van der Waals surface area contributed by atoms with Crippen molar-refractivity contribution in [3.63, 3.8) is 0 Å². The predicted molar refractivity (Wildman–Crippen MR) is 219 cm³/mol. The molecule has 3 aromatic rings. The first-order chi connectivity index (χ1) is 27.6. The number of hydrogen-bond acceptors (Lipinski definition) is 10. The van der Waals surface area contributed by atoms with Crippen LogP contribution in [-0.4, -0.2) is 96.3 Å². The lowest BCUT2D eigenvalue weighted by Crippen LogP contribution is -2.59. The van der Waals surface area contributed by atoms with Gasteiger partial charge in [-0.15, -0.1) is 5.10 Å². The average molecular weight is 816 g/mol. The van der Waals surface area contributed by atoms with Gasteiger partial charge in [-0.2, -0.15) is 0 Å². The molecular weight excluding hydrogens is 763 g/mol. The molecule has 0 radical (unpaired) electrons. The summed E-state index contributed by atoms with van der Waals surface area (Å²) < 4.78 is 35.9. The monoisotopic (exact) mass is 815 g/mol. The highest BCUT2D eigenvalue weighted by atomic mass is 32.2. The fourth-order valence-electron chi connectivity index (χ4n) is 8.30. The van der Waals surface area contributed by atoms with Crippen LogP contribution in [0.2, 0.25) is 0 Å². The summed E-state index contributed by atoms with van der Waals surface area (Å²) in [7, 11) is -0.125. The number of amides is 4. The van der Waals surface area contributed by atoms with E-state index < -0.39 is 68.5 Å². The molecule has 310 valence electrons. The largest absolute Gasteiger partial charge is 0.471 e. The predicted octanol–water partition coefficient (Wildman–Crippen LogP) is 3.12. The molecule has 2 aromatic carbocycles. The SMILES string of the molecule is CCn1nc(O[C@@H]2C[C@H]3C(=O)N[C@]4(C(=O)NS(=O)(=O)C5CC5)C[C@H]4/C=C\CC[C@@H](C)C[C@@H](C)C(NC(=O)c4ccc(N(C)C)cc4)C(=O)N3C2)c2ccccc2c1=O. The van der Waals surface area contributed by atoms with E-state index in [2.05, 4.69) is 27.4 Å². The van der Waals surface area contributed by atoms with Gasteiger partial charge in [0.05, 0.1) is 22.6 Å². The van der Waals surface area contributed by atoms with Crippen LogP contribution in [0.25, 0.3) is 10.8 Å². The van der Waals surface area contributed by atoms with Gasteiger partial charge in [0.2, 0.25) is 27.7 Å². The number of sulfonamides is 1. The Kier molecular flexibility index (Phi) is 11.4. The van der Waals surface area contributed by atoms with Crippen molar-refractivity contribution in [2.24, 2.45) is 17.8 Å². The second kappa shape index (κ2) is 16.2. The number of hydrogen-bond donors (Lipinski definition) is 3. The van der Waals surface area contributed by atoms with Crippen molar-refractivity contribution in [1.82, 2.24) is 30.0 Å². The second-order valence-electron chi connectivity index (χ2n) is 16.6. The zero-order chi connectivity index (χ0) is 41.5. The van der Waals surface area contributed by atoms with E-state index in [0.29, 0.717) is 42.0 Å². The summed E-state index contributed by atoms with van der Waals surface area (Å²) in [5, 5.41) is 10.6. The number of anilines is 1. The van der Waals surface area contributed by atoms with Gasteiger partial charge in [0.15, 0.2) is 0 Å². The lowest BCUT2D eigenvalue weighted by atomic mass is 9.87. The lowest BCUT2D eigenvalue weighted by molar-refractivity contribution is -0.142. The van der Waals surface area contributed by atoms with Gasteiger partial charge in [-0.1, -0.05) is 38.1 Å². The third kappa shape index (κ3) is 8.34. The number of ether oxygens (including phenoxy) is 1. The lowest BCUT2D eigenvalue weighted by Gasteiger charge is -2.33. The standard InChI is InChI=1S/C42H53N7O8S/c1-6-49-39(52)33-14-10-9-13-32(33)38(45-49)57-30-22-34-37(51)44-42(41(54)46-58(55,56)31-19-20-31)23-28(42)12-8-7-11-25(2)21-26(3)35(40(53)48(34)24-30)43-36(50)27-15-17-29(18-16-27)47(4)5/h8-10,12-18,25-26,28,30-31,34-35H,6-7,11,19-24H2,1-5H3,(H,43,50)(H,44,51)(H,46,54)/b12-8-/t25-,26-,28-,30-,34+,35?,42-/m1/s1. The van der Waals surface area contributed by atoms with Crippen molar-refractivity contribution >= 4 is 50.1 Å². The maximum Gasteiger partial charge on any atom is 0.274 e. The highest BCUT2D eigenvalue weighted by molar-refractivity contribution is 7.91. The number of allylic oxidation sites excluding steroid dienone is 1. The molecule has 2 aliphatic carbocycles. The number of fused-ring (bicyclic) bond motifs is 3. The first-order valence-corrected chi connectivity index (χ1v) is 21.8. The summed E-state index contributed by atoms with van der Waals surface area (Å²) >= 11 is 0. The molecule has 15 nitrogen and oxygen atoms in total. The van der Waals surface area contributed by atoms with Crippen molar-refractivity contribution in [1.29, 1.82) is 0 Å². The molecule has 7 rings (SSSR count). The average Bonchev–Trinajstić information content (AvgIpc) is 4.13. The van der Waals surface area contributed by atoms with Crippen LogP contribution >= 0.6 is 0 Å². The Balaban J connectivity index is 1.24. The van der Waals surface area contributed by atoms with Crippen LogP contribution in [0.5, 0.6) is 5.88 Å². The van der Waals surface area contributed by atoms with Crippen molar-refractivity contribution in [3.05, 3.63) is 76.6 Å². The van der Waals surface area contributed by atoms with Gasteiger partial charge in [-0.25, -0.2) is 13.1 Å². The number of carbonyl (C=O) groups is 4. The van der Waals surface area contributed by atoms with E-state index in [1.165, 1.54) is 9.58 Å².